The summed E-state index contributed by atoms with van der Waals surface area (Å²) in [7, 11) is 0. The highest BCUT2D eigenvalue weighted by atomic mass is 19.4. The number of halogens is 6. The van der Waals surface area contributed by atoms with Crippen molar-refractivity contribution < 1.29 is 45.7 Å². The van der Waals surface area contributed by atoms with Gasteiger partial charge in [0.25, 0.3) is 0 Å². The van der Waals surface area contributed by atoms with E-state index in [1.807, 2.05) is 0 Å². The number of aromatic nitrogens is 1. The van der Waals surface area contributed by atoms with Crippen LogP contribution in [0.25, 0.3) is 0 Å². The smallest absolute Gasteiger partial charge is 0.433 e. The highest BCUT2D eigenvalue weighted by Gasteiger charge is 2.47. The zero-order valence-corrected chi connectivity index (χ0v) is 15.7. The van der Waals surface area contributed by atoms with E-state index in [9.17, 15) is 31.1 Å². The Balaban J connectivity index is 1.58. The van der Waals surface area contributed by atoms with Crippen LogP contribution in [0.3, 0.4) is 0 Å². The molecule has 0 aliphatic carbocycles. The zero-order chi connectivity index (χ0) is 22.2. The lowest BCUT2D eigenvalue weighted by Gasteiger charge is -2.38. The average Bonchev–Trinajstić information content (AvgIpc) is 3.08. The number of carbonyl (C=O) groups excluding carboxylic acids is 1. The zero-order valence-electron chi connectivity index (χ0n) is 15.7. The van der Waals surface area contributed by atoms with Gasteiger partial charge in [-0.1, -0.05) is 6.07 Å². The Kier molecular flexibility index (Phi) is 6.19. The van der Waals surface area contributed by atoms with Crippen molar-refractivity contribution in [3.05, 3.63) is 29.6 Å². The van der Waals surface area contributed by atoms with E-state index in [1.54, 1.807) is 0 Å². The molecule has 0 radical (unpaired) electrons. The van der Waals surface area contributed by atoms with Gasteiger partial charge in [0.2, 0.25) is 6.10 Å². The fourth-order valence-corrected chi connectivity index (χ4v) is 3.72. The van der Waals surface area contributed by atoms with E-state index in [0.717, 1.165) is 11.0 Å². The predicted octanol–water partition coefficient (Wildman–Crippen LogP) is 3.50. The van der Waals surface area contributed by atoms with Crippen LogP contribution >= 0.6 is 0 Å². The first-order valence-electron chi connectivity index (χ1n) is 9.25. The summed E-state index contributed by atoms with van der Waals surface area (Å²) in [5, 5.41) is 8.77. The van der Waals surface area contributed by atoms with Gasteiger partial charge in [-0.05, 0) is 31.4 Å². The standard InChI is InChI=1S/C18H20F6N2O4/c19-17(20,21)13-3-1-2-12(25-13)11-8-16(29-10-11)4-6-26(7-5-16)15(28)30-14(9-27)18(22,23)24/h1-3,11,14,27H,4-10H2/t11?,14-/m1/s1. The Morgan fingerprint density at radius 2 is 1.93 bits per heavy atom. The highest BCUT2D eigenvalue weighted by molar-refractivity contribution is 5.68. The van der Waals surface area contributed by atoms with Crippen molar-refractivity contribution in [1.29, 1.82) is 0 Å². The van der Waals surface area contributed by atoms with Gasteiger partial charge in [-0.3, -0.25) is 0 Å². The largest absolute Gasteiger partial charge is 0.434 e. The van der Waals surface area contributed by atoms with E-state index >= 15 is 0 Å². The molecular formula is C18H20F6N2O4. The lowest BCUT2D eigenvalue weighted by molar-refractivity contribution is -0.215. The first kappa shape index (κ1) is 22.6. The summed E-state index contributed by atoms with van der Waals surface area (Å²) in [5.41, 5.74) is -1.40. The molecule has 12 heteroatoms. The first-order chi connectivity index (χ1) is 13.9. The number of pyridine rings is 1. The van der Waals surface area contributed by atoms with Gasteiger partial charge >= 0.3 is 18.4 Å². The normalized spacial score (nSPS) is 22.9. The van der Waals surface area contributed by atoms with Gasteiger partial charge < -0.3 is 19.5 Å². The molecular weight excluding hydrogens is 422 g/mol. The maximum atomic E-state index is 12.9. The Hall–Kier alpha value is -2.08. The number of amides is 1. The van der Waals surface area contributed by atoms with Crippen LogP contribution in [0.2, 0.25) is 0 Å². The van der Waals surface area contributed by atoms with E-state index in [4.69, 9.17) is 9.84 Å². The molecule has 2 fully saturated rings. The lowest BCUT2D eigenvalue weighted by Crippen LogP contribution is -2.48. The van der Waals surface area contributed by atoms with Crippen molar-refractivity contribution in [3.63, 3.8) is 0 Å². The predicted molar refractivity (Wildman–Crippen MR) is 89.5 cm³/mol. The summed E-state index contributed by atoms with van der Waals surface area (Å²) in [4.78, 5) is 16.8. The fourth-order valence-electron chi connectivity index (χ4n) is 3.72. The molecule has 1 N–H and O–H groups in total. The van der Waals surface area contributed by atoms with E-state index < -0.39 is 42.5 Å². The quantitative estimate of drug-likeness (QED) is 0.726. The summed E-state index contributed by atoms with van der Waals surface area (Å²) >= 11 is 0. The summed E-state index contributed by atoms with van der Waals surface area (Å²) < 4.78 is 86.8. The number of alkyl halides is 6. The van der Waals surface area contributed by atoms with Crippen molar-refractivity contribution in [3.8, 4) is 0 Å². The van der Waals surface area contributed by atoms with Gasteiger partial charge in [0.15, 0.2) is 0 Å². The number of carbonyl (C=O) groups is 1. The van der Waals surface area contributed by atoms with E-state index in [2.05, 4.69) is 9.72 Å². The maximum Gasteiger partial charge on any atom is 0.433 e. The molecule has 0 aromatic carbocycles. The van der Waals surface area contributed by atoms with Gasteiger partial charge in [0.05, 0.1) is 18.8 Å². The average molecular weight is 442 g/mol. The van der Waals surface area contributed by atoms with Gasteiger partial charge in [-0.15, -0.1) is 0 Å². The number of hydrogen-bond acceptors (Lipinski definition) is 5. The number of hydrogen-bond donors (Lipinski definition) is 1. The summed E-state index contributed by atoms with van der Waals surface area (Å²) in [6.45, 7) is -1.07. The van der Waals surface area contributed by atoms with Crippen molar-refractivity contribution in [2.75, 3.05) is 26.3 Å². The summed E-state index contributed by atoms with van der Waals surface area (Å²) in [5.74, 6) is -0.352. The molecule has 0 bridgehead atoms. The minimum absolute atomic E-state index is 0.0670. The van der Waals surface area contributed by atoms with Crippen LogP contribution in [0.15, 0.2) is 18.2 Å². The van der Waals surface area contributed by atoms with Crippen molar-refractivity contribution >= 4 is 6.09 Å². The number of aliphatic hydroxyl groups is 1. The Morgan fingerprint density at radius 1 is 1.27 bits per heavy atom. The summed E-state index contributed by atoms with van der Waals surface area (Å²) in [6.07, 6.45) is -12.2. The summed E-state index contributed by atoms with van der Waals surface area (Å²) in [6, 6.07) is 3.67. The van der Waals surface area contributed by atoms with E-state index in [1.165, 1.54) is 12.1 Å². The van der Waals surface area contributed by atoms with Crippen molar-refractivity contribution in [2.45, 2.75) is 49.2 Å². The van der Waals surface area contributed by atoms with Crippen LogP contribution < -0.4 is 0 Å². The van der Waals surface area contributed by atoms with Crippen LogP contribution in [-0.4, -0.2) is 65.3 Å². The molecule has 2 atom stereocenters. The molecule has 2 aliphatic rings. The number of piperidine rings is 1. The molecule has 2 saturated heterocycles. The molecule has 1 amide bonds. The van der Waals surface area contributed by atoms with Crippen LogP contribution in [0.1, 0.15) is 36.6 Å². The number of rotatable bonds is 3. The third kappa shape index (κ3) is 4.97. The topological polar surface area (TPSA) is 71.9 Å². The molecule has 30 heavy (non-hydrogen) atoms. The third-order valence-electron chi connectivity index (χ3n) is 5.40. The molecule has 2 aliphatic heterocycles. The first-order valence-corrected chi connectivity index (χ1v) is 9.25. The van der Waals surface area contributed by atoms with Gasteiger partial charge in [0.1, 0.15) is 5.69 Å². The number of aliphatic hydroxyl groups excluding tert-OH is 1. The second-order valence-electron chi connectivity index (χ2n) is 7.42. The minimum Gasteiger partial charge on any atom is -0.434 e. The van der Waals surface area contributed by atoms with Crippen molar-refractivity contribution in [2.24, 2.45) is 0 Å². The van der Waals surface area contributed by atoms with E-state index in [-0.39, 0.29) is 31.3 Å². The highest BCUT2D eigenvalue weighted by Crippen LogP contribution is 2.43. The molecule has 0 saturated carbocycles. The third-order valence-corrected chi connectivity index (χ3v) is 5.40. The molecule has 3 heterocycles. The van der Waals surface area contributed by atoms with Crippen molar-refractivity contribution in [1.82, 2.24) is 9.88 Å². The Bertz CT molecular complexity index is 762. The van der Waals surface area contributed by atoms with Gasteiger partial charge in [-0.2, -0.15) is 26.3 Å². The number of nitrogens with zero attached hydrogens (tertiary/aromatic N) is 2. The minimum atomic E-state index is -4.87. The van der Waals surface area contributed by atoms with Crippen LogP contribution in [0, 0.1) is 0 Å². The molecule has 3 rings (SSSR count). The molecule has 1 spiro atoms. The molecule has 168 valence electrons. The SMILES string of the molecule is O=C(O[C@H](CO)C(F)(F)F)N1CCC2(CC1)CC(c1cccc(C(F)(F)F)n1)CO2. The second kappa shape index (κ2) is 8.22. The van der Waals surface area contributed by atoms with Crippen LogP contribution in [0.4, 0.5) is 31.1 Å². The lowest BCUT2D eigenvalue weighted by atomic mass is 9.84. The van der Waals surface area contributed by atoms with E-state index in [0.29, 0.717) is 19.3 Å². The number of ether oxygens (including phenoxy) is 2. The second-order valence-corrected chi connectivity index (χ2v) is 7.42. The molecule has 6 nitrogen and oxygen atoms in total. The van der Waals surface area contributed by atoms with Gasteiger partial charge in [-0.25, -0.2) is 9.78 Å². The molecule has 1 aromatic rings. The van der Waals surface area contributed by atoms with Crippen LogP contribution in [-0.2, 0) is 15.7 Å². The molecule has 1 aromatic heterocycles. The Morgan fingerprint density at radius 3 is 2.50 bits per heavy atom. The Labute approximate surface area is 167 Å². The molecule has 1 unspecified atom stereocenters. The fraction of sp³-hybridized carbons (Fsp3) is 0.667. The van der Waals surface area contributed by atoms with Gasteiger partial charge in [0, 0.05) is 24.7 Å². The monoisotopic (exact) mass is 442 g/mol. The van der Waals surface area contributed by atoms with Crippen LogP contribution in [0.5, 0.6) is 0 Å². The number of likely N-dealkylation sites (tertiary alicyclic amines) is 1. The maximum absolute atomic E-state index is 12.9.